The predicted octanol–water partition coefficient (Wildman–Crippen LogP) is 3.44. The number of piperidine rings is 1. The third kappa shape index (κ3) is 4.10. The fraction of sp³-hybridized carbons (Fsp3) is 0.417. The van der Waals surface area contributed by atoms with Crippen molar-refractivity contribution < 1.29 is 4.52 Å². The molecule has 1 aromatic carbocycles. The molecule has 4 heterocycles. The first kappa shape index (κ1) is 20.6. The van der Waals surface area contributed by atoms with Gasteiger partial charge in [-0.3, -0.25) is 9.69 Å². The highest BCUT2D eigenvalue weighted by atomic mass is 16.5. The maximum atomic E-state index is 13.1. The maximum absolute atomic E-state index is 13.1. The van der Waals surface area contributed by atoms with Crippen LogP contribution in [0.2, 0.25) is 0 Å². The molecular weight excluding hydrogens is 404 g/mol. The molecule has 0 spiro atoms. The average molecular weight is 433 g/mol. The highest BCUT2D eigenvalue weighted by Gasteiger charge is 2.19. The Kier molecular flexibility index (Phi) is 5.38. The summed E-state index contributed by atoms with van der Waals surface area (Å²) in [4.78, 5) is 19.9. The van der Waals surface area contributed by atoms with Crippen molar-refractivity contribution in [2.24, 2.45) is 5.92 Å². The Hall–Kier alpha value is -3.26. The molecule has 0 bridgehead atoms. The second-order valence-electron chi connectivity index (χ2n) is 8.95. The summed E-state index contributed by atoms with van der Waals surface area (Å²) in [5, 5.41) is 8.67. The van der Waals surface area contributed by atoms with Crippen LogP contribution in [0.15, 0.2) is 46.0 Å². The van der Waals surface area contributed by atoms with E-state index in [1.165, 1.54) is 24.0 Å². The van der Waals surface area contributed by atoms with E-state index in [1.807, 2.05) is 12.1 Å². The highest BCUT2D eigenvalue weighted by molar-refractivity contribution is 5.66. The van der Waals surface area contributed by atoms with Gasteiger partial charge in [0.05, 0.1) is 18.8 Å². The molecule has 0 unspecified atom stereocenters. The zero-order valence-electron chi connectivity index (χ0n) is 18.8. The standard InChI is InChI=1S/C24H28N6O2/c1-16-6-8-28(9-7-16)15-23-25-22(27-32-23)14-29-10-11-30-21(24(29)31)13-20(26-30)19-5-4-17(2)18(3)12-19/h4-5,10-13,16H,6-9,14-15H2,1-3H3. The number of nitrogens with zero attached hydrogens (tertiary/aromatic N) is 6. The molecule has 1 fully saturated rings. The monoisotopic (exact) mass is 432 g/mol. The van der Waals surface area contributed by atoms with Crippen LogP contribution in [0.4, 0.5) is 0 Å². The Bertz CT molecular complexity index is 1310. The summed E-state index contributed by atoms with van der Waals surface area (Å²) >= 11 is 0. The van der Waals surface area contributed by atoms with Crippen LogP contribution in [0.3, 0.4) is 0 Å². The minimum atomic E-state index is -0.133. The molecule has 3 aromatic heterocycles. The van der Waals surface area contributed by atoms with E-state index >= 15 is 0 Å². The smallest absolute Gasteiger partial charge is 0.277 e. The van der Waals surface area contributed by atoms with Crippen LogP contribution in [0.25, 0.3) is 16.8 Å². The summed E-state index contributed by atoms with van der Waals surface area (Å²) in [5.74, 6) is 1.89. The number of aromatic nitrogens is 5. The lowest BCUT2D eigenvalue weighted by atomic mass is 9.99. The van der Waals surface area contributed by atoms with Gasteiger partial charge in [-0.1, -0.05) is 24.2 Å². The van der Waals surface area contributed by atoms with E-state index in [9.17, 15) is 4.79 Å². The van der Waals surface area contributed by atoms with Crippen molar-refractivity contribution in [2.45, 2.75) is 46.7 Å². The van der Waals surface area contributed by atoms with E-state index in [-0.39, 0.29) is 12.1 Å². The van der Waals surface area contributed by atoms with Crippen molar-refractivity contribution in [1.82, 2.24) is 29.2 Å². The Morgan fingerprint density at radius 1 is 1.06 bits per heavy atom. The molecule has 0 atom stereocenters. The minimum Gasteiger partial charge on any atom is -0.338 e. The van der Waals surface area contributed by atoms with Crippen LogP contribution in [0.1, 0.15) is 42.6 Å². The van der Waals surface area contributed by atoms with E-state index in [0.29, 0.717) is 23.8 Å². The van der Waals surface area contributed by atoms with Crippen LogP contribution >= 0.6 is 0 Å². The van der Waals surface area contributed by atoms with Gasteiger partial charge in [-0.2, -0.15) is 10.1 Å². The normalized spacial score (nSPS) is 15.6. The SMILES string of the molecule is Cc1ccc(-c2cc3c(=O)n(Cc4noc(CN5CCC(C)CC5)n4)ccn3n2)cc1C. The van der Waals surface area contributed by atoms with Crippen LogP contribution in [-0.2, 0) is 13.1 Å². The molecule has 166 valence electrons. The zero-order chi connectivity index (χ0) is 22.2. The van der Waals surface area contributed by atoms with Gasteiger partial charge in [-0.25, -0.2) is 4.52 Å². The molecule has 5 rings (SSSR count). The topological polar surface area (TPSA) is 81.5 Å². The van der Waals surface area contributed by atoms with Gasteiger partial charge in [0.15, 0.2) is 5.82 Å². The number of hydrogen-bond donors (Lipinski definition) is 0. The maximum Gasteiger partial charge on any atom is 0.277 e. The second kappa shape index (κ2) is 8.35. The molecule has 1 aliphatic rings. The van der Waals surface area contributed by atoms with Crippen molar-refractivity contribution in [3.05, 3.63) is 69.9 Å². The lowest BCUT2D eigenvalue weighted by molar-refractivity contribution is 0.165. The zero-order valence-corrected chi connectivity index (χ0v) is 18.8. The van der Waals surface area contributed by atoms with Crippen molar-refractivity contribution in [1.29, 1.82) is 0 Å². The third-order valence-electron chi connectivity index (χ3n) is 6.46. The average Bonchev–Trinajstić information content (AvgIpc) is 3.41. The number of aryl methyl sites for hydroxylation is 2. The van der Waals surface area contributed by atoms with Gasteiger partial charge in [0.1, 0.15) is 5.52 Å². The van der Waals surface area contributed by atoms with Crippen LogP contribution in [0.5, 0.6) is 0 Å². The summed E-state index contributed by atoms with van der Waals surface area (Å²) in [6.45, 7) is 9.49. The molecule has 0 saturated carbocycles. The summed E-state index contributed by atoms with van der Waals surface area (Å²) in [6.07, 6.45) is 5.91. The van der Waals surface area contributed by atoms with E-state index in [4.69, 9.17) is 4.52 Å². The van der Waals surface area contributed by atoms with Gasteiger partial charge in [0.2, 0.25) is 5.89 Å². The Balaban J connectivity index is 1.35. The van der Waals surface area contributed by atoms with Gasteiger partial charge in [0, 0.05) is 18.0 Å². The third-order valence-corrected chi connectivity index (χ3v) is 6.46. The minimum absolute atomic E-state index is 0.133. The van der Waals surface area contributed by atoms with Crippen molar-refractivity contribution >= 4 is 5.52 Å². The lowest BCUT2D eigenvalue weighted by Gasteiger charge is -2.28. The molecule has 1 saturated heterocycles. The number of benzene rings is 1. The summed E-state index contributed by atoms with van der Waals surface area (Å²) in [5.41, 5.74) is 4.59. The Morgan fingerprint density at radius 2 is 1.88 bits per heavy atom. The molecule has 1 aliphatic heterocycles. The van der Waals surface area contributed by atoms with Gasteiger partial charge < -0.3 is 9.09 Å². The lowest BCUT2D eigenvalue weighted by Crippen LogP contribution is -2.32. The van der Waals surface area contributed by atoms with Crippen molar-refractivity contribution in [3.8, 4) is 11.3 Å². The van der Waals surface area contributed by atoms with Crippen LogP contribution in [-0.4, -0.2) is 42.3 Å². The molecule has 0 aliphatic carbocycles. The molecule has 0 amide bonds. The first-order valence-corrected chi connectivity index (χ1v) is 11.2. The summed E-state index contributed by atoms with van der Waals surface area (Å²) < 4.78 is 8.66. The molecular formula is C24H28N6O2. The van der Waals surface area contributed by atoms with Crippen molar-refractivity contribution in [2.75, 3.05) is 13.1 Å². The van der Waals surface area contributed by atoms with Crippen LogP contribution in [0, 0.1) is 19.8 Å². The van der Waals surface area contributed by atoms with Crippen LogP contribution < -0.4 is 5.56 Å². The van der Waals surface area contributed by atoms with E-state index in [1.54, 1.807) is 21.5 Å². The van der Waals surface area contributed by atoms with E-state index < -0.39 is 0 Å². The Morgan fingerprint density at radius 3 is 2.66 bits per heavy atom. The quantitative estimate of drug-likeness (QED) is 0.481. The molecule has 0 N–H and O–H groups in total. The van der Waals surface area contributed by atoms with Gasteiger partial charge >= 0.3 is 0 Å². The van der Waals surface area contributed by atoms with Crippen molar-refractivity contribution in [3.63, 3.8) is 0 Å². The van der Waals surface area contributed by atoms with Gasteiger partial charge in [-0.15, -0.1) is 0 Å². The van der Waals surface area contributed by atoms with Gasteiger partial charge in [-0.05, 0) is 69.0 Å². The first-order chi connectivity index (χ1) is 15.5. The van der Waals surface area contributed by atoms with E-state index in [2.05, 4.69) is 53.0 Å². The number of rotatable bonds is 5. The molecule has 8 heteroatoms. The first-order valence-electron chi connectivity index (χ1n) is 11.2. The molecule has 32 heavy (non-hydrogen) atoms. The fourth-order valence-corrected chi connectivity index (χ4v) is 4.17. The fourth-order valence-electron chi connectivity index (χ4n) is 4.17. The Labute approximate surface area is 186 Å². The van der Waals surface area contributed by atoms with Gasteiger partial charge in [0.25, 0.3) is 5.56 Å². The number of hydrogen-bond acceptors (Lipinski definition) is 6. The second-order valence-corrected chi connectivity index (χ2v) is 8.95. The number of likely N-dealkylation sites (tertiary alicyclic amines) is 1. The van der Waals surface area contributed by atoms with E-state index in [0.717, 1.165) is 30.3 Å². The molecule has 4 aromatic rings. The number of fused-ring (bicyclic) bond motifs is 1. The summed E-state index contributed by atoms with van der Waals surface area (Å²) in [7, 11) is 0. The predicted molar refractivity (Wildman–Crippen MR) is 121 cm³/mol. The highest BCUT2D eigenvalue weighted by Crippen LogP contribution is 2.21. The molecule has 8 nitrogen and oxygen atoms in total. The molecule has 0 radical (unpaired) electrons. The summed E-state index contributed by atoms with van der Waals surface area (Å²) in [6, 6.07) is 8.04. The largest absolute Gasteiger partial charge is 0.338 e.